The van der Waals surface area contributed by atoms with Crippen LogP contribution < -0.4 is 9.47 Å². The highest BCUT2D eigenvalue weighted by atomic mass is 35.5. The lowest BCUT2D eigenvalue weighted by Crippen LogP contribution is -2.08. The second kappa shape index (κ2) is 11.2. The van der Waals surface area contributed by atoms with Crippen LogP contribution in [0.4, 0.5) is 5.69 Å². The molecule has 0 aliphatic heterocycles. The molecular weight excluding hydrogens is 398 g/mol. The van der Waals surface area contributed by atoms with E-state index >= 15 is 0 Å². The van der Waals surface area contributed by atoms with Gasteiger partial charge in [-0.25, -0.2) is 4.79 Å². The minimum Gasteiger partial charge on any atom is -0.494 e. The quantitative estimate of drug-likeness (QED) is 0.164. The van der Waals surface area contributed by atoms with Gasteiger partial charge < -0.3 is 9.47 Å². The molecule has 4 nitrogen and oxygen atoms in total. The number of carbonyl (C=O) groups is 1. The van der Waals surface area contributed by atoms with Crippen molar-refractivity contribution < 1.29 is 14.3 Å². The Kier molecular flexibility index (Phi) is 8.04. The van der Waals surface area contributed by atoms with E-state index in [0.29, 0.717) is 22.9 Å². The Bertz CT molecular complexity index is 965. The van der Waals surface area contributed by atoms with Crippen molar-refractivity contribution in [2.75, 3.05) is 6.61 Å². The van der Waals surface area contributed by atoms with E-state index in [0.717, 1.165) is 36.3 Å². The minimum atomic E-state index is -0.412. The Morgan fingerprint density at radius 1 is 0.900 bits per heavy atom. The van der Waals surface area contributed by atoms with Crippen molar-refractivity contribution in [3.63, 3.8) is 0 Å². The number of hydrogen-bond donors (Lipinski definition) is 0. The molecule has 0 unspecified atom stereocenters. The number of carbonyl (C=O) groups excluding carboxylic acids is 1. The van der Waals surface area contributed by atoms with Crippen LogP contribution in [0.5, 0.6) is 11.5 Å². The van der Waals surface area contributed by atoms with Crippen molar-refractivity contribution in [1.82, 2.24) is 0 Å². The maximum Gasteiger partial charge on any atom is 0.343 e. The average Bonchev–Trinajstić information content (AvgIpc) is 2.78. The first-order valence-electron chi connectivity index (χ1n) is 9.99. The molecule has 0 saturated carbocycles. The summed E-state index contributed by atoms with van der Waals surface area (Å²) < 4.78 is 11.1. The molecular formula is C25H24ClNO3. The topological polar surface area (TPSA) is 47.9 Å². The highest BCUT2D eigenvalue weighted by molar-refractivity contribution is 6.30. The largest absolute Gasteiger partial charge is 0.494 e. The van der Waals surface area contributed by atoms with Gasteiger partial charge in [-0.2, -0.15) is 0 Å². The van der Waals surface area contributed by atoms with Crippen molar-refractivity contribution >= 4 is 29.5 Å². The van der Waals surface area contributed by atoms with Crippen LogP contribution in [-0.2, 0) is 0 Å². The summed E-state index contributed by atoms with van der Waals surface area (Å²) in [4.78, 5) is 16.8. The fraction of sp³-hybridized carbons (Fsp3) is 0.200. The Balaban J connectivity index is 1.53. The molecule has 0 fully saturated rings. The maximum absolute atomic E-state index is 12.3. The third-order valence-electron chi connectivity index (χ3n) is 4.39. The molecule has 0 amide bonds. The van der Waals surface area contributed by atoms with Crippen LogP contribution >= 0.6 is 11.6 Å². The second-order valence-corrected chi connectivity index (χ2v) is 7.21. The van der Waals surface area contributed by atoms with Gasteiger partial charge in [0.05, 0.1) is 17.9 Å². The van der Waals surface area contributed by atoms with Crippen LogP contribution in [0.15, 0.2) is 77.8 Å². The van der Waals surface area contributed by atoms with Gasteiger partial charge in [0, 0.05) is 11.2 Å². The zero-order valence-corrected chi connectivity index (χ0v) is 17.6. The Hall–Kier alpha value is -3.11. The van der Waals surface area contributed by atoms with Crippen LogP contribution in [0.3, 0.4) is 0 Å². The molecule has 0 aliphatic rings. The number of nitrogens with zero attached hydrogens (tertiary/aromatic N) is 1. The number of halogens is 1. The van der Waals surface area contributed by atoms with E-state index in [4.69, 9.17) is 21.1 Å². The number of ether oxygens (including phenoxy) is 2. The van der Waals surface area contributed by atoms with E-state index in [1.165, 1.54) is 0 Å². The van der Waals surface area contributed by atoms with Crippen LogP contribution in [0.25, 0.3) is 0 Å². The molecule has 3 aromatic carbocycles. The third kappa shape index (κ3) is 6.75. The summed E-state index contributed by atoms with van der Waals surface area (Å²) >= 11 is 5.88. The molecule has 0 spiro atoms. The number of hydrogen-bond acceptors (Lipinski definition) is 4. The summed E-state index contributed by atoms with van der Waals surface area (Å²) in [6, 6.07) is 21.4. The molecule has 0 atom stereocenters. The number of aliphatic imine (C=N–C) groups is 1. The van der Waals surface area contributed by atoms with Crippen molar-refractivity contribution in [2.45, 2.75) is 26.2 Å². The predicted molar refractivity (Wildman–Crippen MR) is 122 cm³/mol. The van der Waals surface area contributed by atoms with E-state index < -0.39 is 5.97 Å². The van der Waals surface area contributed by atoms with Crippen molar-refractivity contribution in [2.24, 2.45) is 4.99 Å². The highest BCUT2D eigenvalue weighted by Crippen LogP contribution is 2.20. The number of benzene rings is 3. The predicted octanol–water partition coefficient (Wildman–Crippen LogP) is 6.88. The van der Waals surface area contributed by atoms with E-state index in [9.17, 15) is 4.79 Å². The van der Waals surface area contributed by atoms with Crippen LogP contribution in [0.1, 0.15) is 42.1 Å². The summed E-state index contributed by atoms with van der Waals surface area (Å²) in [5, 5.41) is 0.687. The normalized spacial score (nSPS) is 10.9. The first-order chi connectivity index (χ1) is 14.6. The van der Waals surface area contributed by atoms with Crippen molar-refractivity contribution in [3.05, 3.63) is 88.9 Å². The first-order valence-corrected chi connectivity index (χ1v) is 10.4. The highest BCUT2D eigenvalue weighted by Gasteiger charge is 2.09. The Morgan fingerprint density at radius 3 is 2.23 bits per heavy atom. The molecule has 0 bridgehead atoms. The molecule has 3 rings (SSSR count). The number of rotatable bonds is 9. The molecule has 0 aliphatic carbocycles. The molecule has 0 aromatic heterocycles. The van der Waals surface area contributed by atoms with Gasteiger partial charge in [0.2, 0.25) is 0 Å². The zero-order valence-electron chi connectivity index (χ0n) is 16.9. The standard InChI is InChI=1S/C25H24ClNO3/c1-2-3-4-17-29-23-13-7-20(8-14-23)25(28)30-24-15-11-22(12-16-24)27-18-19-5-9-21(26)10-6-19/h5-16,18H,2-4,17H2,1H3. The van der Waals surface area contributed by atoms with Gasteiger partial charge in [0.15, 0.2) is 0 Å². The fourth-order valence-corrected chi connectivity index (χ4v) is 2.82. The average molecular weight is 422 g/mol. The lowest BCUT2D eigenvalue weighted by Gasteiger charge is -2.07. The van der Waals surface area contributed by atoms with Gasteiger partial charge in [0.1, 0.15) is 11.5 Å². The van der Waals surface area contributed by atoms with E-state index in [1.54, 1.807) is 54.7 Å². The van der Waals surface area contributed by atoms with Crippen LogP contribution in [0, 0.1) is 0 Å². The van der Waals surface area contributed by atoms with Gasteiger partial charge in [0.25, 0.3) is 0 Å². The summed E-state index contributed by atoms with van der Waals surface area (Å²) in [5.74, 6) is 0.806. The molecule has 3 aromatic rings. The minimum absolute atomic E-state index is 0.412. The summed E-state index contributed by atoms with van der Waals surface area (Å²) in [7, 11) is 0. The lowest BCUT2D eigenvalue weighted by atomic mass is 10.2. The molecule has 154 valence electrons. The van der Waals surface area contributed by atoms with E-state index in [1.807, 2.05) is 24.3 Å². The van der Waals surface area contributed by atoms with Gasteiger partial charge in [-0.15, -0.1) is 0 Å². The van der Waals surface area contributed by atoms with Crippen LogP contribution in [-0.4, -0.2) is 18.8 Å². The van der Waals surface area contributed by atoms with Gasteiger partial charge in [-0.05, 0) is 72.6 Å². The maximum atomic E-state index is 12.3. The Morgan fingerprint density at radius 2 is 1.57 bits per heavy atom. The van der Waals surface area contributed by atoms with E-state index in [-0.39, 0.29) is 0 Å². The monoisotopic (exact) mass is 421 g/mol. The first kappa shape index (κ1) is 21.6. The zero-order chi connectivity index (χ0) is 21.2. The van der Waals surface area contributed by atoms with Gasteiger partial charge in [-0.1, -0.05) is 43.5 Å². The Labute approximate surface area is 182 Å². The lowest BCUT2D eigenvalue weighted by molar-refractivity contribution is 0.0734. The van der Waals surface area contributed by atoms with Crippen LogP contribution in [0.2, 0.25) is 5.02 Å². The third-order valence-corrected chi connectivity index (χ3v) is 4.64. The summed E-state index contributed by atoms with van der Waals surface area (Å²) in [5.41, 5.74) is 2.18. The summed E-state index contributed by atoms with van der Waals surface area (Å²) in [6.45, 7) is 2.84. The molecule has 30 heavy (non-hydrogen) atoms. The van der Waals surface area contributed by atoms with Crippen molar-refractivity contribution in [1.29, 1.82) is 0 Å². The second-order valence-electron chi connectivity index (χ2n) is 6.77. The molecule has 0 radical (unpaired) electrons. The summed E-state index contributed by atoms with van der Waals surface area (Å²) in [6.07, 6.45) is 5.09. The fourth-order valence-electron chi connectivity index (χ4n) is 2.69. The number of esters is 1. The number of unbranched alkanes of at least 4 members (excludes halogenated alkanes) is 2. The smallest absolute Gasteiger partial charge is 0.343 e. The molecule has 5 heteroatoms. The van der Waals surface area contributed by atoms with Gasteiger partial charge in [-0.3, -0.25) is 4.99 Å². The molecule has 0 saturated heterocycles. The van der Waals surface area contributed by atoms with E-state index in [2.05, 4.69) is 11.9 Å². The molecule has 0 N–H and O–H groups in total. The van der Waals surface area contributed by atoms with Crippen molar-refractivity contribution in [3.8, 4) is 11.5 Å². The SMILES string of the molecule is CCCCCOc1ccc(C(=O)Oc2ccc(N=Cc3ccc(Cl)cc3)cc2)cc1. The van der Waals surface area contributed by atoms with Gasteiger partial charge >= 0.3 is 5.97 Å². The molecule has 0 heterocycles.